The van der Waals surface area contributed by atoms with Gasteiger partial charge >= 0.3 is 6.03 Å². The summed E-state index contributed by atoms with van der Waals surface area (Å²) in [4.78, 5) is 39.3. The van der Waals surface area contributed by atoms with Crippen LogP contribution in [0, 0.1) is 5.82 Å². The zero-order valence-electron chi connectivity index (χ0n) is 15.3. The third-order valence-electron chi connectivity index (χ3n) is 5.12. The van der Waals surface area contributed by atoms with Crippen LogP contribution < -0.4 is 16.0 Å². The Morgan fingerprint density at radius 1 is 1.22 bits per heavy atom. The zero-order chi connectivity index (χ0) is 19.4. The molecule has 3 rings (SSSR count). The van der Waals surface area contributed by atoms with Crippen molar-refractivity contribution >= 4 is 23.5 Å². The fraction of sp³-hybridized carbons (Fsp3) is 0.526. The molecule has 8 heteroatoms. The van der Waals surface area contributed by atoms with Crippen LogP contribution in [-0.4, -0.2) is 47.4 Å². The highest BCUT2D eigenvalue weighted by Crippen LogP contribution is 2.29. The lowest BCUT2D eigenvalue weighted by atomic mass is 9.85. The minimum Gasteiger partial charge on any atom is -0.349 e. The van der Waals surface area contributed by atoms with Gasteiger partial charge < -0.3 is 20.9 Å². The number of rotatable bonds is 4. The fourth-order valence-corrected chi connectivity index (χ4v) is 3.90. The summed E-state index contributed by atoms with van der Waals surface area (Å²) in [6.07, 6.45) is 3.49. The van der Waals surface area contributed by atoms with Crippen LogP contribution in [0.3, 0.4) is 0 Å². The Bertz CT molecular complexity index is 709. The topological polar surface area (TPSA) is 90.5 Å². The first-order valence-corrected chi connectivity index (χ1v) is 9.41. The maximum atomic E-state index is 13.0. The van der Waals surface area contributed by atoms with Crippen molar-refractivity contribution in [2.24, 2.45) is 0 Å². The number of carbonyl (C=O) groups is 3. The minimum absolute atomic E-state index is 0.0646. The zero-order valence-corrected chi connectivity index (χ0v) is 15.3. The van der Waals surface area contributed by atoms with Crippen molar-refractivity contribution in [2.45, 2.75) is 57.2 Å². The van der Waals surface area contributed by atoms with E-state index in [2.05, 4.69) is 16.0 Å². The molecule has 2 aliphatic rings. The molecule has 0 aromatic heterocycles. The number of fused-ring (bicyclic) bond motifs is 1. The van der Waals surface area contributed by atoms with E-state index in [-0.39, 0.29) is 30.4 Å². The Morgan fingerprint density at radius 3 is 2.63 bits per heavy atom. The normalized spacial score (nSPS) is 24.6. The third kappa shape index (κ3) is 4.37. The molecule has 0 spiro atoms. The van der Waals surface area contributed by atoms with Crippen molar-refractivity contribution in [3.8, 4) is 0 Å². The quantitative estimate of drug-likeness (QED) is 0.751. The second-order valence-corrected chi connectivity index (χ2v) is 6.98. The summed E-state index contributed by atoms with van der Waals surface area (Å²) in [5, 5.41) is 8.40. The molecule has 27 heavy (non-hydrogen) atoms. The maximum Gasteiger partial charge on any atom is 0.318 e. The summed E-state index contributed by atoms with van der Waals surface area (Å²) in [7, 11) is 0. The average Bonchev–Trinajstić information content (AvgIpc) is 2.64. The van der Waals surface area contributed by atoms with E-state index in [1.807, 2.05) is 6.92 Å². The van der Waals surface area contributed by atoms with Gasteiger partial charge in [-0.15, -0.1) is 0 Å². The van der Waals surface area contributed by atoms with Crippen molar-refractivity contribution < 1.29 is 18.8 Å². The van der Waals surface area contributed by atoms with Gasteiger partial charge in [-0.2, -0.15) is 0 Å². The second kappa shape index (κ2) is 8.37. The highest BCUT2D eigenvalue weighted by Gasteiger charge is 2.45. The molecule has 1 heterocycles. The number of urea groups is 1. The molecule has 1 saturated heterocycles. The lowest BCUT2D eigenvalue weighted by molar-refractivity contribution is -0.135. The van der Waals surface area contributed by atoms with Crippen molar-refractivity contribution in [3.05, 3.63) is 30.1 Å². The number of carbonyl (C=O) groups excluding carboxylic acids is 3. The van der Waals surface area contributed by atoms with Crippen LogP contribution in [0.5, 0.6) is 0 Å². The number of piperazine rings is 1. The minimum atomic E-state index is -0.864. The van der Waals surface area contributed by atoms with E-state index in [1.165, 1.54) is 24.3 Å². The van der Waals surface area contributed by atoms with Crippen molar-refractivity contribution in [1.82, 2.24) is 15.5 Å². The molecule has 2 fully saturated rings. The molecule has 1 saturated carbocycles. The largest absolute Gasteiger partial charge is 0.349 e. The maximum absolute atomic E-state index is 13.0. The average molecular weight is 376 g/mol. The van der Waals surface area contributed by atoms with Crippen molar-refractivity contribution in [3.63, 3.8) is 0 Å². The van der Waals surface area contributed by atoms with Crippen LogP contribution in [0.2, 0.25) is 0 Å². The van der Waals surface area contributed by atoms with Gasteiger partial charge in [0.25, 0.3) is 0 Å². The van der Waals surface area contributed by atoms with Crippen molar-refractivity contribution in [2.75, 3.05) is 11.9 Å². The summed E-state index contributed by atoms with van der Waals surface area (Å²) < 4.78 is 13.0. The Kier molecular flexibility index (Phi) is 5.93. The lowest BCUT2D eigenvalue weighted by Crippen LogP contribution is -2.69. The molecule has 0 bridgehead atoms. The van der Waals surface area contributed by atoms with E-state index in [0.29, 0.717) is 12.2 Å². The van der Waals surface area contributed by atoms with Crippen LogP contribution in [0.4, 0.5) is 14.9 Å². The van der Waals surface area contributed by atoms with Gasteiger partial charge in [0.05, 0.1) is 12.5 Å². The number of benzene rings is 1. The number of nitrogens with zero attached hydrogens (tertiary/aromatic N) is 1. The van der Waals surface area contributed by atoms with E-state index in [1.54, 1.807) is 4.90 Å². The van der Waals surface area contributed by atoms with Crippen molar-refractivity contribution in [1.29, 1.82) is 0 Å². The number of nitrogens with one attached hydrogen (secondary N) is 3. The SMILES string of the molecule is CCNC(=O)N1[C@H](CC(=O)Nc2ccc(F)cc2)C(=O)N[C@@H]2CCCC[C@@H]21. The highest BCUT2D eigenvalue weighted by molar-refractivity contribution is 5.97. The number of hydrogen-bond acceptors (Lipinski definition) is 3. The number of anilines is 1. The summed E-state index contributed by atoms with van der Waals surface area (Å²) in [5.41, 5.74) is 0.442. The Morgan fingerprint density at radius 2 is 1.93 bits per heavy atom. The Labute approximate surface area is 157 Å². The van der Waals surface area contributed by atoms with Gasteiger partial charge in [0.15, 0.2) is 0 Å². The van der Waals surface area contributed by atoms with Gasteiger partial charge in [-0.25, -0.2) is 9.18 Å². The van der Waals surface area contributed by atoms with Gasteiger partial charge in [0.2, 0.25) is 11.8 Å². The number of hydrogen-bond donors (Lipinski definition) is 3. The summed E-state index contributed by atoms with van der Waals surface area (Å²) in [5.74, 6) is -1.10. The standard InChI is InChI=1S/C19H25FN4O3/c1-2-21-19(27)24-15-6-4-3-5-14(15)23-18(26)16(24)11-17(25)22-13-9-7-12(20)8-10-13/h7-10,14-16H,2-6,11H2,1H3,(H,21,27)(H,22,25)(H,23,26)/t14-,15+,16-/m1/s1. The molecule has 1 aliphatic heterocycles. The van der Waals surface area contributed by atoms with E-state index in [9.17, 15) is 18.8 Å². The van der Waals surface area contributed by atoms with Gasteiger partial charge in [0.1, 0.15) is 11.9 Å². The first-order chi connectivity index (χ1) is 13.0. The molecular weight excluding hydrogens is 351 g/mol. The summed E-state index contributed by atoms with van der Waals surface area (Å²) >= 11 is 0. The number of halogens is 1. The predicted molar refractivity (Wildman–Crippen MR) is 98.5 cm³/mol. The van der Waals surface area contributed by atoms with Gasteiger partial charge in [-0.05, 0) is 44.0 Å². The first kappa shape index (κ1) is 19.1. The monoisotopic (exact) mass is 376 g/mol. The smallest absolute Gasteiger partial charge is 0.318 e. The molecule has 3 N–H and O–H groups in total. The van der Waals surface area contributed by atoms with E-state index in [4.69, 9.17) is 0 Å². The summed E-state index contributed by atoms with van der Waals surface area (Å²) in [6, 6.07) is 4.05. The molecule has 3 atom stereocenters. The van der Waals surface area contributed by atoms with E-state index >= 15 is 0 Å². The lowest BCUT2D eigenvalue weighted by Gasteiger charge is -2.47. The molecule has 4 amide bonds. The predicted octanol–water partition coefficient (Wildman–Crippen LogP) is 2.00. The van der Waals surface area contributed by atoms with Gasteiger partial charge in [-0.3, -0.25) is 9.59 Å². The van der Waals surface area contributed by atoms with E-state index in [0.717, 1.165) is 25.7 Å². The van der Waals surface area contributed by atoms with Gasteiger partial charge in [-0.1, -0.05) is 12.8 Å². The first-order valence-electron chi connectivity index (χ1n) is 9.41. The number of amides is 4. The third-order valence-corrected chi connectivity index (χ3v) is 5.12. The fourth-order valence-electron chi connectivity index (χ4n) is 3.90. The molecule has 1 aliphatic carbocycles. The van der Waals surface area contributed by atoms with E-state index < -0.39 is 17.8 Å². The molecule has 7 nitrogen and oxygen atoms in total. The van der Waals surface area contributed by atoms with Crippen LogP contribution in [-0.2, 0) is 9.59 Å². The molecule has 0 unspecified atom stereocenters. The molecule has 1 aromatic rings. The van der Waals surface area contributed by atoms with Crippen LogP contribution in [0.1, 0.15) is 39.0 Å². The van der Waals surface area contributed by atoms with Gasteiger partial charge in [0, 0.05) is 18.3 Å². The van der Waals surface area contributed by atoms with Crippen LogP contribution in [0.15, 0.2) is 24.3 Å². The Hall–Kier alpha value is -2.64. The van der Waals surface area contributed by atoms with Crippen LogP contribution in [0.25, 0.3) is 0 Å². The second-order valence-electron chi connectivity index (χ2n) is 6.98. The molecule has 146 valence electrons. The molecule has 0 radical (unpaired) electrons. The van der Waals surface area contributed by atoms with Crippen LogP contribution >= 0.6 is 0 Å². The molecule has 1 aromatic carbocycles. The Balaban J connectivity index is 1.75. The summed E-state index contributed by atoms with van der Waals surface area (Å²) in [6.45, 7) is 2.26. The highest BCUT2D eigenvalue weighted by atomic mass is 19.1. The molecular formula is C19H25FN4O3.